The number of phenols is 2. The van der Waals surface area contributed by atoms with Crippen molar-refractivity contribution in [1.29, 1.82) is 0 Å². The van der Waals surface area contributed by atoms with E-state index in [0.29, 0.717) is 6.42 Å². The Labute approximate surface area is 100 Å². The largest absolute Gasteiger partial charge is 0.508 e. The van der Waals surface area contributed by atoms with Crippen molar-refractivity contribution < 1.29 is 15.0 Å². The fourth-order valence-electron chi connectivity index (χ4n) is 1.43. The Morgan fingerprint density at radius 2 is 2.24 bits per heavy atom. The van der Waals surface area contributed by atoms with Crippen molar-refractivity contribution >= 4 is 5.91 Å². The monoisotopic (exact) mass is 233 g/mol. The van der Waals surface area contributed by atoms with Gasteiger partial charge in [0.25, 0.3) is 5.91 Å². The lowest BCUT2D eigenvalue weighted by Crippen LogP contribution is -2.33. The minimum atomic E-state index is -0.445. The Hall–Kier alpha value is -2.15. The molecule has 4 nitrogen and oxygen atoms in total. The number of rotatable bonds is 4. The van der Waals surface area contributed by atoms with E-state index >= 15 is 0 Å². The number of carbonyl (C=O) groups excluding carboxylic acids is 1. The average Bonchev–Trinajstić information content (AvgIpc) is 2.28. The molecule has 1 atom stereocenters. The summed E-state index contributed by atoms with van der Waals surface area (Å²) < 4.78 is 0. The van der Waals surface area contributed by atoms with Crippen LogP contribution in [0, 0.1) is 12.3 Å². The maximum atomic E-state index is 11.8. The molecule has 1 unspecified atom stereocenters. The number of benzene rings is 1. The van der Waals surface area contributed by atoms with Crippen LogP contribution in [0.5, 0.6) is 11.5 Å². The number of hydrogen-bond acceptors (Lipinski definition) is 3. The normalized spacial score (nSPS) is 11.5. The van der Waals surface area contributed by atoms with Gasteiger partial charge in [-0.1, -0.05) is 19.3 Å². The molecule has 3 N–H and O–H groups in total. The van der Waals surface area contributed by atoms with Crippen LogP contribution < -0.4 is 5.32 Å². The van der Waals surface area contributed by atoms with E-state index < -0.39 is 5.91 Å². The van der Waals surface area contributed by atoms with Crippen molar-refractivity contribution in [2.45, 2.75) is 25.8 Å². The van der Waals surface area contributed by atoms with E-state index in [1.807, 2.05) is 6.92 Å². The first-order valence-corrected chi connectivity index (χ1v) is 5.37. The Kier molecular flexibility index (Phi) is 4.41. The minimum absolute atomic E-state index is 0.0962. The van der Waals surface area contributed by atoms with Crippen molar-refractivity contribution in [1.82, 2.24) is 5.32 Å². The molecule has 0 aliphatic carbocycles. The highest BCUT2D eigenvalue weighted by Crippen LogP contribution is 2.22. The number of hydrogen-bond donors (Lipinski definition) is 3. The summed E-state index contributed by atoms with van der Waals surface area (Å²) in [5.41, 5.74) is 0.0964. The zero-order valence-corrected chi connectivity index (χ0v) is 9.60. The topological polar surface area (TPSA) is 69.6 Å². The molecular weight excluding hydrogens is 218 g/mol. The SMILES string of the molecule is C#CC(CCC)NC(=O)c1ccc(O)cc1O. The third-order valence-electron chi connectivity index (χ3n) is 2.31. The van der Waals surface area contributed by atoms with Crippen LogP contribution in [0.3, 0.4) is 0 Å². The second-order valence-electron chi connectivity index (χ2n) is 3.68. The van der Waals surface area contributed by atoms with Gasteiger partial charge in [-0.05, 0) is 18.6 Å². The maximum absolute atomic E-state index is 11.8. The molecule has 1 aromatic carbocycles. The van der Waals surface area contributed by atoms with Gasteiger partial charge in [0.15, 0.2) is 0 Å². The van der Waals surface area contributed by atoms with Crippen molar-refractivity contribution in [2.75, 3.05) is 0 Å². The first-order valence-electron chi connectivity index (χ1n) is 5.37. The molecule has 0 bridgehead atoms. The molecule has 1 amide bonds. The molecule has 90 valence electrons. The van der Waals surface area contributed by atoms with Crippen LogP contribution in [0.25, 0.3) is 0 Å². The maximum Gasteiger partial charge on any atom is 0.256 e. The number of phenolic OH excluding ortho intramolecular Hbond substituents is 2. The van der Waals surface area contributed by atoms with Gasteiger partial charge in [-0.25, -0.2) is 0 Å². The zero-order chi connectivity index (χ0) is 12.8. The molecule has 17 heavy (non-hydrogen) atoms. The standard InChI is InChI=1S/C13H15NO3/c1-3-5-9(4-2)14-13(17)11-7-6-10(15)8-12(11)16/h2,6-9,15-16H,3,5H2,1H3,(H,14,17). The highest BCUT2D eigenvalue weighted by atomic mass is 16.3. The molecule has 0 saturated carbocycles. The molecule has 0 heterocycles. The van der Waals surface area contributed by atoms with Crippen LogP contribution in [0.15, 0.2) is 18.2 Å². The summed E-state index contributed by atoms with van der Waals surface area (Å²) in [6.45, 7) is 1.97. The van der Waals surface area contributed by atoms with Crippen molar-refractivity contribution in [3.8, 4) is 23.8 Å². The third kappa shape index (κ3) is 3.42. The first-order chi connectivity index (χ1) is 8.08. The van der Waals surface area contributed by atoms with Crippen LogP contribution >= 0.6 is 0 Å². The second kappa shape index (κ2) is 5.80. The molecule has 0 aliphatic rings. The van der Waals surface area contributed by atoms with Gasteiger partial charge in [-0.15, -0.1) is 6.42 Å². The number of amides is 1. The van der Waals surface area contributed by atoms with Gasteiger partial charge in [0.2, 0.25) is 0 Å². The predicted octanol–water partition coefficient (Wildman–Crippen LogP) is 1.63. The van der Waals surface area contributed by atoms with Gasteiger partial charge in [0.1, 0.15) is 11.5 Å². The van der Waals surface area contributed by atoms with Gasteiger partial charge in [-0.2, -0.15) is 0 Å². The molecule has 1 rings (SSSR count). The summed E-state index contributed by atoms with van der Waals surface area (Å²) in [5.74, 6) is 1.66. The predicted molar refractivity (Wildman–Crippen MR) is 64.8 cm³/mol. The first kappa shape index (κ1) is 12.9. The quantitative estimate of drug-likeness (QED) is 0.692. The number of carbonyl (C=O) groups is 1. The lowest BCUT2D eigenvalue weighted by atomic mass is 10.1. The average molecular weight is 233 g/mol. The van der Waals surface area contributed by atoms with Gasteiger partial charge in [0, 0.05) is 6.07 Å². The second-order valence-corrected chi connectivity index (χ2v) is 3.68. The van der Waals surface area contributed by atoms with Crippen molar-refractivity contribution in [2.24, 2.45) is 0 Å². The van der Waals surface area contributed by atoms with E-state index in [2.05, 4.69) is 11.2 Å². The molecule has 0 aromatic heterocycles. The van der Waals surface area contributed by atoms with Gasteiger partial charge < -0.3 is 15.5 Å². The fraction of sp³-hybridized carbons (Fsp3) is 0.308. The van der Waals surface area contributed by atoms with E-state index in [1.54, 1.807) is 0 Å². The van der Waals surface area contributed by atoms with Crippen LogP contribution in [0.4, 0.5) is 0 Å². The molecule has 0 saturated heterocycles. The number of terminal acetylenes is 1. The van der Waals surface area contributed by atoms with E-state index in [-0.39, 0.29) is 23.1 Å². The Balaban J connectivity index is 2.79. The summed E-state index contributed by atoms with van der Waals surface area (Å²) >= 11 is 0. The summed E-state index contributed by atoms with van der Waals surface area (Å²) in [6.07, 6.45) is 6.82. The van der Waals surface area contributed by atoms with Crippen molar-refractivity contribution in [3.63, 3.8) is 0 Å². The van der Waals surface area contributed by atoms with Gasteiger partial charge in [-0.3, -0.25) is 4.79 Å². The van der Waals surface area contributed by atoms with Gasteiger partial charge >= 0.3 is 0 Å². The summed E-state index contributed by atoms with van der Waals surface area (Å²) in [5, 5.41) is 21.2. The summed E-state index contributed by atoms with van der Waals surface area (Å²) in [6, 6.07) is 3.44. The highest BCUT2D eigenvalue weighted by Gasteiger charge is 2.14. The lowest BCUT2D eigenvalue weighted by molar-refractivity contribution is 0.0941. The summed E-state index contributed by atoms with van der Waals surface area (Å²) in [4.78, 5) is 11.8. The van der Waals surface area contributed by atoms with Gasteiger partial charge in [0.05, 0.1) is 11.6 Å². The van der Waals surface area contributed by atoms with Crippen LogP contribution in [0.2, 0.25) is 0 Å². The minimum Gasteiger partial charge on any atom is -0.508 e. The smallest absolute Gasteiger partial charge is 0.256 e. The Morgan fingerprint density at radius 3 is 2.76 bits per heavy atom. The van der Waals surface area contributed by atoms with E-state index in [1.165, 1.54) is 12.1 Å². The summed E-state index contributed by atoms with van der Waals surface area (Å²) in [7, 11) is 0. The Morgan fingerprint density at radius 1 is 1.53 bits per heavy atom. The highest BCUT2D eigenvalue weighted by molar-refractivity contribution is 5.97. The van der Waals surface area contributed by atoms with Crippen molar-refractivity contribution in [3.05, 3.63) is 23.8 Å². The third-order valence-corrected chi connectivity index (χ3v) is 2.31. The van der Waals surface area contributed by atoms with E-state index in [9.17, 15) is 9.90 Å². The molecule has 4 heteroatoms. The zero-order valence-electron chi connectivity index (χ0n) is 9.60. The van der Waals surface area contributed by atoms with Crippen LogP contribution in [-0.4, -0.2) is 22.2 Å². The van der Waals surface area contributed by atoms with E-state index in [0.717, 1.165) is 12.5 Å². The van der Waals surface area contributed by atoms with Crippen LogP contribution in [0.1, 0.15) is 30.1 Å². The number of aromatic hydroxyl groups is 2. The number of nitrogens with one attached hydrogen (secondary N) is 1. The molecule has 0 aliphatic heterocycles. The molecule has 0 radical (unpaired) electrons. The van der Waals surface area contributed by atoms with Crippen LogP contribution in [-0.2, 0) is 0 Å². The molecule has 0 spiro atoms. The van der Waals surface area contributed by atoms with E-state index in [4.69, 9.17) is 11.5 Å². The molecule has 0 fully saturated rings. The lowest BCUT2D eigenvalue weighted by Gasteiger charge is -2.12. The molecular formula is C13H15NO3. The molecule has 1 aromatic rings. The fourth-order valence-corrected chi connectivity index (χ4v) is 1.43. The Bertz CT molecular complexity index is 448.